The molecular formula is C10H18N2O3S. The van der Waals surface area contributed by atoms with E-state index >= 15 is 0 Å². The number of nitrogens with zero attached hydrogens (tertiary/aromatic N) is 1. The molecule has 0 amide bonds. The monoisotopic (exact) mass is 246 g/mol. The number of hydrogen-bond acceptors (Lipinski definition) is 4. The Kier molecular flexibility index (Phi) is 4.30. The van der Waals surface area contributed by atoms with Crippen LogP contribution in [0, 0.1) is 17.2 Å². The molecule has 6 heteroatoms. The maximum absolute atomic E-state index is 11.2. The summed E-state index contributed by atoms with van der Waals surface area (Å²) in [5, 5.41) is 18.4. The Morgan fingerprint density at radius 1 is 1.50 bits per heavy atom. The van der Waals surface area contributed by atoms with Crippen molar-refractivity contribution in [3.8, 4) is 6.07 Å². The summed E-state index contributed by atoms with van der Waals surface area (Å²) in [4.78, 5) is 0. The van der Waals surface area contributed by atoms with Gasteiger partial charge in [0.15, 0.2) is 5.75 Å². The molecule has 0 heterocycles. The largest absolute Gasteiger partial charge is 0.389 e. The third kappa shape index (κ3) is 4.08. The van der Waals surface area contributed by atoms with Crippen LogP contribution in [0.1, 0.15) is 32.6 Å². The van der Waals surface area contributed by atoms with E-state index in [-0.39, 0.29) is 6.54 Å². The van der Waals surface area contributed by atoms with E-state index in [0.29, 0.717) is 18.8 Å². The molecule has 0 aromatic carbocycles. The summed E-state index contributed by atoms with van der Waals surface area (Å²) >= 11 is 0. The Morgan fingerprint density at radius 2 is 2.06 bits per heavy atom. The molecule has 0 bridgehead atoms. The molecule has 1 aliphatic rings. The molecule has 92 valence electrons. The van der Waals surface area contributed by atoms with E-state index in [9.17, 15) is 13.5 Å². The fourth-order valence-electron chi connectivity index (χ4n) is 1.86. The Hall–Kier alpha value is -0.640. The van der Waals surface area contributed by atoms with Crippen molar-refractivity contribution < 1.29 is 13.5 Å². The molecule has 1 aliphatic carbocycles. The van der Waals surface area contributed by atoms with Gasteiger partial charge in [0, 0.05) is 6.54 Å². The van der Waals surface area contributed by atoms with Gasteiger partial charge < -0.3 is 5.11 Å². The molecule has 0 aromatic rings. The molecule has 1 fully saturated rings. The van der Waals surface area contributed by atoms with Gasteiger partial charge in [-0.15, -0.1) is 0 Å². The van der Waals surface area contributed by atoms with Crippen molar-refractivity contribution in [2.24, 2.45) is 5.92 Å². The summed E-state index contributed by atoms with van der Waals surface area (Å²) in [6.07, 6.45) is 3.05. The van der Waals surface area contributed by atoms with Crippen LogP contribution in [0.2, 0.25) is 0 Å². The lowest BCUT2D eigenvalue weighted by Crippen LogP contribution is -2.45. The second-order valence-electron chi connectivity index (χ2n) is 4.65. The van der Waals surface area contributed by atoms with Crippen molar-refractivity contribution in [2.75, 3.05) is 12.3 Å². The minimum absolute atomic E-state index is 0.0176. The minimum atomic E-state index is -3.55. The smallest absolute Gasteiger partial charge is 0.225 e. The molecule has 0 radical (unpaired) electrons. The van der Waals surface area contributed by atoms with Gasteiger partial charge in [0.1, 0.15) is 0 Å². The molecule has 0 aromatic heterocycles. The van der Waals surface area contributed by atoms with Crippen LogP contribution in [0.5, 0.6) is 0 Å². The van der Waals surface area contributed by atoms with Crippen LogP contribution >= 0.6 is 0 Å². The van der Waals surface area contributed by atoms with Crippen LogP contribution < -0.4 is 4.72 Å². The average molecular weight is 246 g/mol. The van der Waals surface area contributed by atoms with Gasteiger partial charge in [0.2, 0.25) is 10.0 Å². The fourth-order valence-corrected chi connectivity index (χ4v) is 2.62. The lowest BCUT2D eigenvalue weighted by molar-refractivity contribution is -0.00181. The first-order chi connectivity index (χ1) is 7.37. The maximum atomic E-state index is 11.2. The highest BCUT2D eigenvalue weighted by Crippen LogP contribution is 2.31. The van der Waals surface area contributed by atoms with E-state index in [1.54, 1.807) is 6.07 Å². The first-order valence-corrected chi connectivity index (χ1v) is 7.09. The number of aliphatic hydroxyl groups is 1. The number of nitriles is 1. The zero-order chi connectivity index (χ0) is 12.2. The van der Waals surface area contributed by atoms with Crippen molar-refractivity contribution in [1.29, 1.82) is 5.26 Å². The molecule has 0 atom stereocenters. The van der Waals surface area contributed by atoms with Gasteiger partial charge in [0.05, 0.1) is 11.7 Å². The van der Waals surface area contributed by atoms with Crippen molar-refractivity contribution in [3.05, 3.63) is 0 Å². The van der Waals surface area contributed by atoms with Gasteiger partial charge in [-0.1, -0.05) is 6.92 Å². The van der Waals surface area contributed by atoms with Crippen LogP contribution in [0.3, 0.4) is 0 Å². The van der Waals surface area contributed by atoms with Crippen LogP contribution in [0.4, 0.5) is 0 Å². The van der Waals surface area contributed by atoms with Crippen molar-refractivity contribution in [1.82, 2.24) is 4.72 Å². The van der Waals surface area contributed by atoms with Gasteiger partial charge in [-0.25, -0.2) is 13.1 Å². The van der Waals surface area contributed by atoms with E-state index < -0.39 is 21.4 Å². The quantitative estimate of drug-likeness (QED) is 0.750. The third-order valence-electron chi connectivity index (χ3n) is 3.08. The molecule has 1 rings (SSSR count). The molecule has 0 saturated heterocycles. The number of nitrogens with one attached hydrogen (secondary N) is 1. The van der Waals surface area contributed by atoms with Crippen LogP contribution in [0.25, 0.3) is 0 Å². The summed E-state index contributed by atoms with van der Waals surface area (Å²) in [6.45, 7) is 2.14. The van der Waals surface area contributed by atoms with Crippen LogP contribution in [-0.4, -0.2) is 31.4 Å². The van der Waals surface area contributed by atoms with E-state index in [1.807, 2.05) is 0 Å². The standard InChI is InChI=1S/C10H18N2O3S/c1-9-2-4-10(13,5-3-9)8-12-16(14,15)7-6-11/h9,12-13H,2-5,7-8H2,1H3. The van der Waals surface area contributed by atoms with E-state index in [1.165, 1.54) is 0 Å². The number of sulfonamides is 1. The molecule has 0 spiro atoms. The van der Waals surface area contributed by atoms with E-state index in [0.717, 1.165) is 12.8 Å². The topological polar surface area (TPSA) is 90.2 Å². The first kappa shape index (κ1) is 13.4. The third-order valence-corrected chi connectivity index (χ3v) is 4.17. The van der Waals surface area contributed by atoms with Crippen molar-refractivity contribution >= 4 is 10.0 Å². The zero-order valence-corrected chi connectivity index (χ0v) is 10.3. The van der Waals surface area contributed by atoms with E-state index in [2.05, 4.69) is 11.6 Å². The Labute approximate surface area is 96.5 Å². The molecule has 2 N–H and O–H groups in total. The molecular weight excluding hydrogens is 228 g/mol. The summed E-state index contributed by atoms with van der Waals surface area (Å²) in [6, 6.07) is 1.58. The Balaban J connectivity index is 2.46. The molecule has 0 unspecified atom stereocenters. The van der Waals surface area contributed by atoms with Gasteiger partial charge >= 0.3 is 0 Å². The normalized spacial score (nSPS) is 30.9. The highest BCUT2D eigenvalue weighted by molar-refractivity contribution is 7.89. The highest BCUT2D eigenvalue weighted by atomic mass is 32.2. The first-order valence-electron chi connectivity index (χ1n) is 5.43. The molecule has 0 aliphatic heterocycles. The Bertz CT molecular complexity index is 364. The summed E-state index contributed by atoms with van der Waals surface area (Å²) in [7, 11) is -3.55. The van der Waals surface area contributed by atoms with Gasteiger partial charge in [-0.2, -0.15) is 5.26 Å². The SMILES string of the molecule is CC1CCC(O)(CNS(=O)(=O)CC#N)CC1. The molecule has 5 nitrogen and oxygen atoms in total. The Morgan fingerprint density at radius 3 is 2.56 bits per heavy atom. The van der Waals surface area contributed by atoms with Crippen LogP contribution in [0.15, 0.2) is 0 Å². The maximum Gasteiger partial charge on any atom is 0.225 e. The average Bonchev–Trinajstić information content (AvgIpc) is 2.21. The van der Waals surface area contributed by atoms with Gasteiger partial charge in [-0.3, -0.25) is 0 Å². The predicted molar refractivity (Wildman–Crippen MR) is 60.0 cm³/mol. The van der Waals surface area contributed by atoms with Crippen LogP contribution in [-0.2, 0) is 10.0 Å². The molecule has 16 heavy (non-hydrogen) atoms. The summed E-state index contributed by atoms with van der Waals surface area (Å²) in [5.74, 6) is 0.0374. The lowest BCUT2D eigenvalue weighted by Gasteiger charge is -2.34. The zero-order valence-electron chi connectivity index (χ0n) is 9.44. The van der Waals surface area contributed by atoms with Gasteiger partial charge in [-0.05, 0) is 31.6 Å². The highest BCUT2D eigenvalue weighted by Gasteiger charge is 2.32. The van der Waals surface area contributed by atoms with Crippen molar-refractivity contribution in [3.63, 3.8) is 0 Å². The number of rotatable bonds is 4. The summed E-state index contributed by atoms with van der Waals surface area (Å²) < 4.78 is 24.8. The molecule has 1 saturated carbocycles. The second kappa shape index (κ2) is 5.13. The fraction of sp³-hybridized carbons (Fsp3) is 0.900. The van der Waals surface area contributed by atoms with Crippen molar-refractivity contribution in [2.45, 2.75) is 38.2 Å². The minimum Gasteiger partial charge on any atom is -0.389 e. The summed E-state index contributed by atoms with van der Waals surface area (Å²) in [5.41, 5.74) is -0.935. The number of hydrogen-bond donors (Lipinski definition) is 2. The predicted octanol–water partition coefficient (Wildman–Crippen LogP) is 0.371. The lowest BCUT2D eigenvalue weighted by atomic mass is 9.80. The van der Waals surface area contributed by atoms with E-state index in [4.69, 9.17) is 5.26 Å². The second-order valence-corrected chi connectivity index (χ2v) is 6.45. The van der Waals surface area contributed by atoms with Gasteiger partial charge in [0.25, 0.3) is 0 Å².